The largest absolute Gasteiger partial charge is 0.313 e. The molecule has 0 amide bonds. The fourth-order valence-electron chi connectivity index (χ4n) is 2.08. The van der Waals surface area contributed by atoms with Crippen molar-refractivity contribution in [3.05, 3.63) is 28.7 Å². The Hall–Kier alpha value is -1.65. The summed E-state index contributed by atoms with van der Waals surface area (Å²) in [5.74, 6) is 0. The van der Waals surface area contributed by atoms with Crippen LogP contribution in [0.15, 0.2) is 28.0 Å². The zero-order valence-corrected chi connectivity index (χ0v) is 11.3. The number of pyridine rings is 1. The summed E-state index contributed by atoms with van der Waals surface area (Å²) in [6.45, 7) is 1.26. The minimum absolute atomic E-state index is 0.118. The molecule has 0 bridgehead atoms. The number of hydrogen-bond donors (Lipinski definition) is 0. The van der Waals surface area contributed by atoms with Gasteiger partial charge in [-0.15, -0.1) is 0 Å². The van der Waals surface area contributed by atoms with E-state index in [1.807, 2.05) is 6.07 Å². The molecule has 102 valence electrons. The van der Waals surface area contributed by atoms with Crippen molar-refractivity contribution in [3.63, 3.8) is 0 Å². The normalized spacial score (nSPS) is 16.4. The third kappa shape index (κ3) is 2.85. The number of nitrogens with zero attached hydrogens (tertiary/aromatic N) is 3. The molecule has 0 aliphatic carbocycles. The highest BCUT2D eigenvalue weighted by atomic mass is 32.2. The average molecular weight is 281 g/mol. The number of hydrogen-bond acceptors (Lipinski definition) is 4. The summed E-state index contributed by atoms with van der Waals surface area (Å²) in [6, 6.07) is 4.51. The Morgan fingerprint density at radius 3 is 2.58 bits per heavy atom. The maximum Gasteiger partial charge on any atom is 0.250 e. The number of nitriles is 1. The van der Waals surface area contributed by atoms with Crippen LogP contribution in [0.1, 0.15) is 19.3 Å². The lowest BCUT2D eigenvalue weighted by Crippen LogP contribution is -2.29. The van der Waals surface area contributed by atoms with Gasteiger partial charge in [0, 0.05) is 31.9 Å². The van der Waals surface area contributed by atoms with Crippen LogP contribution < -0.4 is 5.56 Å². The molecular formula is C12H15N3O3S. The topological polar surface area (TPSA) is 83.2 Å². The van der Waals surface area contributed by atoms with E-state index in [2.05, 4.69) is 0 Å². The van der Waals surface area contributed by atoms with Crippen LogP contribution in [0.2, 0.25) is 0 Å². The number of aromatic nitrogens is 1. The molecule has 0 radical (unpaired) electrons. The molecule has 0 saturated carbocycles. The van der Waals surface area contributed by atoms with Gasteiger partial charge in [-0.25, -0.2) is 8.42 Å². The van der Waals surface area contributed by atoms with Crippen LogP contribution in [0, 0.1) is 11.3 Å². The monoisotopic (exact) mass is 281 g/mol. The van der Waals surface area contributed by atoms with Crippen LogP contribution in [-0.4, -0.2) is 30.4 Å². The van der Waals surface area contributed by atoms with Crippen molar-refractivity contribution in [1.29, 1.82) is 5.26 Å². The predicted molar refractivity (Wildman–Crippen MR) is 68.9 cm³/mol. The van der Waals surface area contributed by atoms with E-state index in [9.17, 15) is 13.2 Å². The molecule has 0 unspecified atom stereocenters. The summed E-state index contributed by atoms with van der Waals surface area (Å²) in [5, 5.41) is 8.53. The minimum Gasteiger partial charge on any atom is -0.313 e. The van der Waals surface area contributed by atoms with Crippen molar-refractivity contribution in [2.24, 2.45) is 0 Å². The molecule has 0 atom stereocenters. The Bertz CT molecular complexity index is 652. The van der Waals surface area contributed by atoms with E-state index in [4.69, 9.17) is 5.26 Å². The highest BCUT2D eigenvalue weighted by molar-refractivity contribution is 7.89. The standard InChI is InChI=1S/C12H15N3O3S/c13-6-3-7-14-10-11(4-5-12(14)16)19(17,18)15-8-1-2-9-15/h4-5,10H,1-3,7-9H2. The lowest BCUT2D eigenvalue weighted by Gasteiger charge is -2.16. The molecule has 1 aromatic heterocycles. The zero-order valence-electron chi connectivity index (χ0n) is 10.4. The van der Waals surface area contributed by atoms with Gasteiger partial charge in [-0.05, 0) is 18.9 Å². The zero-order chi connectivity index (χ0) is 13.9. The van der Waals surface area contributed by atoms with Gasteiger partial charge in [0.2, 0.25) is 10.0 Å². The Morgan fingerprint density at radius 2 is 1.95 bits per heavy atom. The second-order valence-electron chi connectivity index (χ2n) is 4.42. The number of sulfonamides is 1. The fourth-order valence-corrected chi connectivity index (χ4v) is 3.62. The Labute approximate surface area is 111 Å². The first-order valence-electron chi connectivity index (χ1n) is 6.13. The molecule has 1 saturated heterocycles. The van der Waals surface area contributed by atoms with Crippen molar-refractivity contribution in [2.75, 3.05) is 13.1 Å². The lowest BCUT2D eigenvalue weighted by atomic mass is 10.4. The first kappa shape index (κ1) is 13.8. The minimum atomic E-state index is -3.51. The Balaban J connectivity index is 2.35. The van der Waals surface area contributed by atoms with E-state index in [0.29, 0.717) is 13.1 Å². The van der Waals surface area contributed by atoms with Crippen molar-refractivity contribution in [1.82, 2.24) is 8.87 Å². The Kier molecular flexibility index (Phi) is 4.02. The highest BCUT2D eigenvalue weighted by Crippen LogP contribution is 2.19. The molecule has 6 nitrogen and oxygen atoms in total. The molecule has 2 rings (SSSR count). The number of aryl methyl sites for hydroxylation is 1. The van der Waals surface area contributed by atoms with Crippen LogP contribution in [0.3, 0.4) is 0 Å². The van der Waals surface area contributed by atoms with E-state index >= 15 is 0 Å². The van der Waals surface area contributed by atoms with Crippen LogP contribution in [-0.2, 0) is 16.6 Å². The van der Waals surface area contributed by atoms with Gasteiger partial charge in [0.15, 0.2) is 0 Å². The van der Waals surface area contributed by atoms with E-state index in [-0.39, 0.29) is 23.4 Å². The molecule has 0 N–H and O–H groups in total. The summed E-state index contributed by atoms with van der Waals surface area (Å²) in [6.07, 6.45) is 3.24. The first-order chi connectivity index (χ1) is 9.05. The molecule has 0 spiro atoms. The smallest absolute Gasteiger partial charge is 0.250 e. The van der Waals surface area contributed by atoms with Crippen molar-refractivity contribution < 1.29 is 8.42 Å². The Morgan fingerprint density at radius 1 is 1.26 bits per heavy atom. The third-order valence-corrected chi connectivity index (χ3v) is 5.01. The van der Waals surface area contributed by atoms with Crippen LogP contribution in [0.4, 0.5) is 0 Å². The second kappa shape index (κ2) is 5.55. The van der Waals surface area contributed by atoms with Gasteiger partial charge < -0.3 is 4.57 Å². The van der Waals surface area contributed by atoms with Gasteiger partial charge >= 0.3 is 0 Å². The van der Waals surface area contributed by atoms with Crippen LogP contribution >= 0.6 is 0 Å². The second-order valence-corrected chi connectivity index (χ2v) is 6.35. The van der Waals surface area contributed by atoms with E-state index in [0.717, 1.165) is 12.8 Å². The van der Waals surface area contributed by atoms with Gasteiger partial charge in [0.1, 0.15) is 0 Å². The van der Waals surface area contributed by atoms with E-state index < -0.39 is 10.0 Å². The molecule has 1 aromatic rings. The summed E-state index contributed by atoms with van der Waals surface area (Å²) in [4.78, 5) is 11.7. The summed E-state index contributed by atoms with van der Waals surface area (Å²) < 4.78 is 27.3. The van der Waals surface area contributed by atoms with Gasteiger partial charge in [-0.2, -0.15) is 9.57 Å². The number of rotatable bonds is 4. The molecular weight excluding hydrogens is 266 g/mol. The van der Waals surface area contributed by atoms with E-state index in [1.54, 1.807) is 0 Å². The lowest BCUT2D eigenvalue weighted by molar-refractivity contribution is 0.476. The van der Waals surface area contributed by atoms with Crippen molar-refractivity contribution >= 4 is 10.0 Å². The first-order valence-corrected chi connectivity index (χ1v) is 7.57. The maximum atomic E-state index is 12.3. The summed E-state index contributed by atoms with van der Waals surface area (Å²) in [5.41, 5.74) is -0.296. The predicted octanol–water partition coefficient (Wildman–Crippen LogP) is 0.546. The van der Waals surface area contributed by atoms with Crippen molar-refractivity contribution in [3.8, 4) is 6.07 Å². The third-order valence-electron chi connectivity index (χ3n) is 3.12. The molecule has 19 heavy (non-hydrogen) atoms. The van der Waals surface area contributed by atoms with E-state index in [1.165, 1.54) is 27.2 Å². The molecule has 1 fully saturated rings. The molecule has 1 aliphatic heterocycles. The van der Waals surface area contributed by atoms with Gasteiger partial charge in [0.25, 0.3) is 5.56 Å². The van der Waals surface area contributed by atoms with Gasteiger partial charge in [0.05, 0.1) is 17.4 Å². The SMILES string of the molecule is N#CCCn1cc(S(=O)(=O)N2CCCC2)ccc1=O. The molecule has 2 heterocycles. The van der Waals surface area contributed by atoms with Crippen LogP contribution in [0.25, 0.3) is 0 Å². The molecule has 1 aliphatic rings. The van der Waals surface area contributed by atoms with Crippen LogP contribution in [0.5, 0.6) is 0 Å². The quantitative estimate of drug-likeness (QED) is 0.806. The van der Waals surface area contributed by atoms with Crippen molar-refractivity contribution in [2.45, 2.75) is 30.7 Å². The fraction of sp³-hybridized carbons (Fsp3) is 0.500. The average Bonchev–Trinajstić information content (AvgIpc) is 2.92. The molecule has 7 heteroatoms. The maximum absolute atomic E-state index is 12.3. The summed E-state index contributed by atoms with van der Waals surface area (Å²) >= 11 is 0. The van der Waals surface area contributed by atoms with Gasteiger partial charge in [-0.1, -0.05) is 0 Å². The summed E-state index contributed by atoms with van der Waals surface area (Å²) in [7, 11) is -3.51. The van der Waals surface area contributed by atoms with Gasteiger partial charge in [-0.3, -0.25) is 4.79 Å². The molecule has 0 aromatic carbocycles. The highest BCUT2D eigenvalue weighted by Gasteiger charge is 2.27.